The predicted octanol–water partition coefficient (Wildman–Crippen LogP) is 0.0834. The largest absolute Gasteiger partial charge is 0.383 e. The standard InChI is InChI=1S/C14H27N3O3/c1-16(10-11-20-2)8-5-7-15-13(18)12-17-9-4-3-6-14(17)19/h3-12H2,1-2H3,(H,15,18). The van der Waals surface area contributed by atoms with E-state index < -0.39 is 0 Å². The highest BCUT2D eigenvalue weighted by Gasteiger charge is 2.19. The molecule has 0 saturated carbocycles. The summed E-state index contributed by atoms with van der Waals surface area (Å²) >= 11 is 0. The number of carbonyl (C=O) groups excluding carboxylic acids is 2. The summed E-state index contributed by atoms with van der Waals surface area (Å²) in [5.74, 6) is 0.0468. The molecule has 0 atom stereocenters. The number of carbonyl (C=O) groups is 2. The first-order valence-electron chi connectivity index (χ1n) is 7.35. The lowest BCUT2D eigenvalue weighted by Gasteiger charge is -2.26. The molecule has 1 N–H and O–H groups in total. The Morgan fingerprint density at radius 2 is 2.20 bits per heavy atom. The Balaban J connectivity index is 2.06. The van der Waals surface area contributed by atoms with E-state index in [1.807, 2.05) is 7.05 Å². The molecule has 0 bridgehead atoms. The van der Waals surface area contributed by atoms with Gasteiger partial charge in [-0.2, -0.15) is 0 Å². The van der Waals surface area contributed by atoms with Gasteiger partial charge < -0.3 is 19.9 Å². The molecule has 0 spiro atoms. The van der Waals surface area contributed by atoms with Gasteiger partial charge in [-0.3, -0.25) is 9.59 Å². The van der Waals surface area contributed by atoms with Gasteiger partial charge in [0.1, 0.15) is 0 Å². The molecular formula is C14H27N3O3. The van der Waals surface area contributed by atoms with E-state index in [9.17, 15) is 9.59 Å². The number of piperidine rings is 1. The van der Waals surface area contributed by atoms with Crippen molar-refractivity contribution in [3.8, 4) is 0 Å². The van der Waals surface area contributed by atoms with Crippen LogP contribution < -0.4 is 5.32 Å². The van der Waals surface area contributed by atoms with Gasteiger partial charge in [0, 0.05) is 33.2 Å². The van der Waals surface area contributed by atoms with Crippen molar-refractivity contribution in [2.24, 2.45) is 0 Å². The summed E-state index contributed by atoms with van der Waals surface area (Å²) in [5, 5.41) is 2.87. The average Bonchev–Trinajstić information content (AvgIpc) is 2.44. The van der Waals surface area contributed by atoms with E-state index in [0.717, 1.165) is 39.0 Å². The van der Waals surface area contributed by atoms with Gasteiger partial charge >= 0.3 is 0 Å². The van der Waals surface area contributed by atoms with Crippen LogP contribution in [0.15, 0.2) is 0 Å². The van der Waals surface area contributed by atoms with Gasteiger partial charge in [-0.15, -0.1) is 0 Å². The minimum Gasteiger partial charge on any atom is -0.383 e. The quantitative estimate of drug-likeness (QED) is 0.610. The van der Waals surface area contributed by atoms with Gasteiger partial charge in [0.25, 0.3) is 0 Å². The molecule has 6 nitrogen and oxygen atoms in total. The highest BCUT2D eigenvalue weighted by atomic mass is 16.5. The van der Waals surface area contributed by atoms with Crippen molar-refractivity contribution in [3.05, 3.63) is 0 Å². The first-order valence-corrected chi connectivity index (χ1v) is 7.35. The number of likely N-dealkylation sites (tertiary alicyclic amines) is 1. The highest BCUT2D eigenvalue weighted by Crippen LogP contribution is 2.09. The van der Waals surface area contributed by atoms with Gasteiger partial charge in [0.15, 0.2) is 0 Å². The SMILES string of the molecule is COCCN(C)CCCNC(=O)CN1CCCCC1=O. The number of hydrogen-bond acceptors (Lipinski definition) is 4. The minimum atomic E-state index is -0.0557. The van der Waals surface area contributed by atoms with E-state index in [1.54, 1.807) is 12.0 Å². The van der Waals surface area contributed by atoms with E-state index in [0.29, 0.717) is 19.5 Å². The predicted molar refractivity (Wildman–Crippen MR) is 77.4 cm³/mol. The summed E-state index contributed by atoms with van der Waals surface area (Å²) in [7, 11) is 3.73. The Kier molecular flexibility index (Phi) is 8.22. The van der Waals surface area contributed by atoms with Crippen LogP contribution in [-0.2, 0) is 14.3 Å². The van der Waals surface area contributed by atoms with Crippen molar-refractivity contribution in [1.29, 1.82) is 0 Å². The van der Waals surface area contributed by atoms with Gasteiger partial charge in [-0.1, -0.05) is 0 Å². The van der Waals surface area contributed by atoms with Crippen molar-refractivity contribution in [2.45, 2.75) is 25.7 Å². The first-order chi connectivity index (χ1) is 9.63. The molecule has 0 unspecified atom stereocenters. The van der Waals surface area contributed by atoms with Crippen molar-refractivity contribution in [2.75, 3.05) is 53.5 Å². The summed E-state index contributed by atoms with van der Waals surface area (Å²) < 4.78 is 5.00. The number of hydrogen-bond donors (Lipinski definition) is 1. The van der Waals surface area contributed by atoms with Crippen LogP contribution >= 0.6 is 0 Å². The van der Waals surface area contributed by atoms with Crippen molar-refractivity contribution < 1.29 is 14.3 Å². The molecule has 1 rings (SSSR count). The van der Waals surface area contributed by atoms with Crippen LogP contribution in [0.1, 0.15) is 25.7 Å². The number of rotatable bonds is 9. The molecule has 1 aliphatic rings. The second-order valence-corrected chi connectivity index (χ2v) is 5.27. The van der Waals surface area contributed by atoms with Crippen LogP contribution in [0.5, 0.6) is 0 Å². The van der Waals surface area contributed by atoms with E-state index >= 15 is 0 Å². The molecule has 6 heteroatoms. The fourth-order valence-electron chi connectivity index (χ4n) is 2.19. The fourth-order valence-corrected chi connectivity index (χ4v) is 2.19. The summed E-state index contributed by atoms with van der Waals surface area (Å²) in [6, 6.07) is 0. The van der Waals surface area contributed by atoms with Crippen molar-refractivity contribution >= 4 is 11.8 Å². The number of likely N-dealkylation sites (N-methyl/N-ethyl adjacent to an activating group) is 1. The number of ether oxygens (including phenoxy) is 1. The van der Waals surface area contributed by atoms with Gasteiger partial charge in [0.05, 0.1) is 13.2 Å². The Morgan fingerprint density at radius 1 is 1.40 bits per heavy atom. The highest BCUT2D eigenvalue weighted by molar-refractivity contribution is 5.85. The lowest BCUT2D eigenvalue weighted by atomic mass is 10.1. The first kappa shape index (κ1) is 16.9. The molecule has 1 saturated heterocycles. The van der Waals surface area contributed by atoms with Crippen LogP contribution in [0.4, 0.5) is 0 Å². The zero-order valence-electron chi connectivity index (χ0n) is 12.7. The second-order valence-electron chi connectivity index (χ2n) is 5.27. The maximum absolute atomic E-state index is 11.7. The third-order valence-electron chi connectivity index (χ3n) is 3.47. The lowest BCUT2D eigenvalue weighted by Crippen LogP contribution is -2.43. The lowest BCUT2D eigenvalue weighted by molar-refractivity contribution is -0.137. The average molecular weight is 285 g/mol. The Labute approximate surface area is 121 Å². The molecular weight excluding hydrogens is 258 g/mol. The molecule has 1 fully saturated rings. The number of methoxy groups -OCH3 is 1. The zero-order chi connectivity index (χ0) is 14.8. The third-order valence-corrected chi connectivity index (χ3v) is 3.47. The molecule has 1 aliphatic heterocycles. The van der Waals surface area contributed by atoms with Crippen molar-refractivity contribution in [1.82, 2.24) is 15.1 Å². The van der Waals surface area contributed by atoms with E-state index in [2.05, 4.69) is 10.2 Å². The van der Waals surface area contributed by atoms with Gasteiger partial charge in [-0.25, -0.2) is 0 Å². The molecule has 2 amide bonds. The van der Waals surface area contributed by atoms with Gasteiger partial charge in [-0.05, 0) is 32.9 Å². The van der Waals surface area contributed by atoms with E-state index in [-0.39, 0.29) is 18.4 Å². The van der Waals surface area contributed by atoms with Crippen LogP contribution in [0, 0.1) is 0 Å². The molecule has 116 valence electrons. The van der Waals surface area contributed by atoms with E-state index in [4.69, 9.17) is 4.74 Å². The summed E-state index contributed by atoms with van der Waals surface area (Å²) in [6.45, 7) is 4.11. The second kappa shape index (κ2) is 9.72. The third kappa shape index (κ3) is 6.86. The molecule has 20 heavy (non-hydrogen) atoms. The molecule has 0 radical (unpaired) electrons. The normalized spacial score (nSPS) is 15.8. The minimum absolute atomic E-state index is 0.0557. The molecule has 1 heterocycles. The Bertz CT molecular complexity index is 310. The molecule has 0 aromatic carbocycles. The fraction of sp³-hybridized carbons (Fsp3) is 0.857. The smallest absolute Gasteiger partial charge is 0.239 e. The maximum Gasteiger partial charge on any atom is 0.239 e. The monoisotopic (exact) mass is 285 g/mol. The van der Waals surface area contributed by atoms with Crippen LogP contribution in [-0.4, -0.2) is 75.1 Å². The summed E-state index contributed by atoms with van der Waals surface area (Å²) in [6.07, 6.45) is 3.44. The molecule has 0 aromatic heterocycles. The summed E-state index contributed by atoms with van der Waals surface area (Å²) in [5.41, 5.74) is 0. The molecule has 0 aromatic rings. The van der Waals surface area contributed by atoms with Crippen LogP contribution in [0.2, 0.25) is 0 Å². The number of nitrogens with one attached hydrogen (secondary N) is 1. The Morgan fingerprint density at radius 3 is 2.90 bits per heavy atom. The molecule has 0 aliphatic carbocycles. The van der Waals surface area contributed by atoms with Crippen LogP contribution in [0.25, 0.3) is 0 Å². The van der Waals surface area contributed by atoms with E-state index in [1.165, 1.54) is 0 Å². The number of nitrogens with zero attached hydrogens (tertiary/aromatic N) is 2. The van der Waals surface area contributed by atoms with Crippen molar-refractivity contribution in [3.63, 3.8) is 0 Å². The van der Waals surface area contributed by atoms with Gasteiger partial charge in [0.2, 0.25) is 11.8 Å². The Hall–Kier alpha value is -1.14. The van der Waals surface area contributed by atoms with Crippen LogP contribution in [0.3, 0.4) is 0 Å². The maximum atomic E-state index is 11.7. The number of amides is 2. The topological polar surface area (TPSA) is 61.9 Å². The summed E-state index contributed by atoms with van der Waals surface area (Å²) in [4.78, 5) is 27.1. The zero-order valence-corrected chi connectivity index (χ0v) is 12.7.